The predicted octanol–water partition coefficient (Wildman–Crippen LogP) is 10.6. The first kappa shape index (κ1) is 32.7. The number of aryl methyl sites for hydroxylation is 2. The molecule has 0 aliphatic carbocycles. The van der Waals surface area contributed by atoms with Crippen LogP contribution in [0.25, 0.3) is 17.2 Å². The van der Waals surface area contributed by atoms with Crippen molar-refractivity contribution < 1.29 is 9.47 Å². The van der Waals surface area contributed by atoms with Gasteiger partial charge in [0.15, 0.2) is 0 Å². The molecule has 3 rings (SSSR count). The lowest BCUT2D eigenvalue weighted by Crippen LogP contribution is -2.12. The van der Waals surface area contributed by atoms with E-state index >= 15 is 0 Å². The maximum Gasteiger partial charge on any atom is 0.127 e. The first-order chi connectivity index (χ1) is 19.5. The minimum atomic E-state index is 0.644. The Labute approximate surface area is 243 Å². The highest BCUT2D eigenvalue weighted by atomic mass is 16.5. The molecule has 3 aromatic carbocycles. The van der Waals surface area contributed by atoms with E-state index in [1.165, 1.54) is 68.1 Å². The zero-order chi connectivity index (χ0) is 29.2. The molecule has 3 aromatic rings. The monoisotopic (exact) mass is 539 g/mol. The Hall–Kier alpha value is -3.51. The smallest absolute Gasteiger partial charge is 0.127 e. The number of allylic oxidation sites excluding steroid dienone is 1. The lowest BCUT2D eigenvalue weighted by Gasteiger charge is -2.18. The highest BCUT2D eigenvalue weighted by Crippen LogP contribution is 2.30. The molecule has 0 aliphatic heterocycles. The van der Waals surface area contributed by atoms with E-state index in [0.29, 0.717) is 11.5 Å². The third-order valence-corrected chi connectivity index (χ3v) is 7.26. The Bertz CT molecular complexity index is 1190. The summed E-state index contributed by atoms with van der Waals surface area (Å²) >= 11 is 0. The molecule has 1 unspecified atom stereocenters. The largest absolute Gasteiger partial charge is 0.496 e. The molecule has 0 bridgehead atoms. The number of ether oxygens (including phenoxy) is 2. The van der Waals surface area contributed by atoms with Crippen LogP contribution >= 0.6 is 0 Å². The second kappa shape index (κ2) is 18.7. The molecule has 0 aromatic heterocycles. The summed E-state index contributed by atoms with van der Waals surface area (Å²) in [4.78, 5) is 0. The molecule has 3 nitrogen and oxygen atoms in total. The Morgan fingerprint density at radius 2 is 1.50 bits per heavy atom. The van der Waals surface area contributed by atoms with Crippen molar-refractivity contribution in [3.05, 3.63) is 89.0 Å². The standard InChI is InChI=1S/C19H30O2.C18H19N/c1-6-9-11-16(8-3)14-21-19-12-15(4)18(20-5)13-17(19)10-7-2;1-2-3-4-5-15-6-10-17(11-7-15)18-12-8-16(14-19)9-13-18/h7,10,12-13,16H,6,8-9,11,14H2,1-5H3;6-13H,2-5H2,1H3/b10-7+;. The molecule has 0 fully saturated rings. The summed E-state index contributed by atoms with van der Waals surface area (Å²) in [6, 6.07) is 22.8. The number of methoxy groups -OCH3 is 1. The van der Waals surface area contributed by atoms with E-state index in [2.05, 4.69) is 76.2 Å². The summed E-state index contributed by atoms with van der Waals surface area (Å²) in [5.41, 5.74) is 6.70. The van der Waals surface area contributed by atoms with Crippen LogP contribution in [0.1, 0.15) is 94.9 Å². The van der Waals surface area contributed by atoms with Gasteiger partial charge in [0.1, 0.15) is 11.5 Å². The maximum absolute atomic E-state index is 8.79. The molecule has 0 saturated heterocycles. The van der Waals surface area contributed by atoms with Crippen LogP contribution in [0.15, 0.2) is 66.7 Å². The second-order valence-corrected chi connectivity index (χ2v) is 10.4. The van der Waals surface area contributed by atoms with Crippen LogP contribution in [0.3, 0.4) is 0 Å². The van der Waals surface area contributed by atoms with Crippen molar-refractivity contribution in [1.29, 1.82) is 5.26 Å². The summed E-state index contributed by atoms with van der Waals surface area (Å²) < 4.78 is 11.5. The second-order valence-electron chi connectivity index (χ2n) is 10.4. The van der Waals surface area contributed by atoms with Crippen LogP contribution in [-0.2, 0) is 6.42 Å². The van der Waals surface area contributed by atoms with E-state index in [4.69, 9.17) is 14.7 Å². The van der Waals surface area contributed by atoms with Gasteiger partial charge in [-0.2, -0.15) is 5.26 Å². The third-order valence-electron chi connectivity index (χ3n) is 7.26. The number of nitriles is 1. The van der Waals surface area contributed by atoms with Gasteiger partial charge in [-0.25, -0.2) is 0 Å². The quantitative estimate of drug-likeness (QED) is 0.191. The van der Waals surface area contributed by atoms with Crippen molar-refractivity contribution in [1.82, 2.24) is 0 Å². The van der Waals surface area contributed by atoms with Crippen LogP contribution in [-0.4, -0.2) is 13.7 Å². The van der Waals surface area contributed by atoms with Gasteiger partial charge in [-0.15, -0.1) is 0 Å². The van der Waals surface area contributed by atoms with Crippen molar-refractivity contribution in [2.45, 2.75) is 86.0 Å². The van der Waals surface area contributed by atoms with E-state index in [-0.39, 0.29) is 0 Å². The number of hydrogen-bond acceptors (Lipinski definition) is 3. The molecule has 1 atom stereocenters. The van der Waals surface area contributed by atoms with E-state index < -0.39 is 0 Å². The van der Waals surface area contributed by atoms with Gasteiger partial charge in [0.05, 0.1) is 25.3 Å². The van der Waals surface area contributed by atoms with Gasteiger partial charge >= 0.3 is 0 Å². The fourth-order valence-corrected chi connectivity index (χ4v) is 4.62. The minimum absolute atomic E-state index is 0.644. The van der Waals surface area contributed by atoms with Crippen LogP contribution in [0, 0.1) is 24.2 Å². The van der Waals surface area contributed by atoms with Crippen molar-refractivity contribution in [2.24, 2.45) is 5.92 Å². The molecule has 0 N–H and O–H groups in total. The van der Waals surface area contributed by atoms with Gasteiger partial charge < -0.3 is 9.47 Å². The molecule has 0 spiro atoms. The zero-order valence-corrected chi connectivity index (χ0v) is 25.6. The first-order valence-corrected chi connectivity index (χ1v) is 15.0. The Morgan fingerprint density at radius 3 is 2.05 bits per heavy atom. The Kier molecular flexibility index (Phi) is 15.3. The first-order valence-electron chi connectivity index (χ1n) is 15.0. The van der Waals surface area contributed by atoms with Gasteiger partial charge in [-0.3, -0.25) is 0 Å². The zero-order valence-electron chi connectivity index (χ0n) is 25.6. The Morgan fingerprint density at radius 1 is 0.850 bits per heavy atom. The van der Waals surface area contributed by atoms with Crippen molar-refractivity contribution in [2.75, 3.05) is 13.7 Å². The molecule has 0 radical (unpaired) electrons. The van der Waals surface area contributed by atoms with Gasteiger partial charge in [0.2, 0.25) is 0 Å². The van der Waals surface area contributed by atoms with Crippen LogP contribution < -0.4 is 9.47 Å². The molecule has 40 heavy (non-hydrogen) atoms. The van der Waals surface area contributed by atoms with Crippen LogP contribution in [0.4, 0.5) is 0 Å². The number of rotatable bonds is 14. The van der Waals surface area contributed by atoms with E-state index in [1.54, 1.807) is 7.11 Å². The summed E-state index contributed by atoms with van der Waals surface area (Å²) in [6.45, 7) is 11.6. The van der Waals surface area contributed by atoms with Crippen molar-refractivity contribution in [3.8, 4) is 28.7 Å². The SMILES string of the molecule is C/C=C/c1cc(OC)c(C)cc1OCC(CC)CCCC.CCCCCc1ccc(-c2ccc(C#N)cc2)cc1. The van der Waals surface area contributed by atoms with Gasteiger partial charge in [0.25, 0.3) is 0 Å². The molecular weight excluding hydrogens is 490 g/mol. The van der Waals surface area contributed by atoms with Crippen LogP contribution in [0.5, 0.6) is 11.5 Å². The van der Waals surface area contributed by atoms with E-state index in [9.17, 15) is 0 Å². The number of hydrogen-bond donors (Lipinski definition) is 0. The highest BCUT2D eigenvalue weighted by molar-refractivity contribution is 5.64. The lowest BCUT2D eigenvalue weighted by atomic mass is 10.0. The number of nitrogens with zero attached hydrogens (tertiary/aromatic N) is 1. The van der Waals surface area contributed by atoms with Crippen molar-refractivity contribution in [3.63, 3.8) is 0 Å². The topological polar surface area (TPSA) is 42.2 Å². The minimum Gasteiger partial charge on any atom is -0.496 e. The molecule has 0 amide bonds. The fourth-order valence-electron chi connectivity index (χ4n) is 4.62. The van der Waals surface area contributed by atoms with E-state index in [1.807, 2.05) is 37.3 Å². The van der Waals surface area contributed by atoms with Gasteiger partial charge in [-0.05, 0) is 85.5 Å². The number of benzene rings is 3. The fraction of sp³-hybridized carbons (Fsp3) is 0.432. The maximum atomic E-state index is 8.79. The Balaban J connectivity index is 0.000000281. The molecule has 0 saturated carbocycles. The molecular formula is C37H49NO2. The molecule has 214 valence electrons. The summed E-state index contributed by atoms with van der Waals surface area (Å²) in [6.07, 6.45) is 14.1. The molecule has 3 heteroatoms. The van der Waals surface area contributed by atoms with Crippen LogP contribution in [0.2, 0.25) is 0 Å². The van der Waals surface area contributed by atoms with Crippen molar-refractivity contribution >= 4 is 6.08 Å². The average Bonchev–Trinajstić information content (AvgIpc) is 2.99. The molecule has 0 heterocycles. The summed E-state index contributed by atoms with van der Waals surface area (Å²) in [5, 5.41) is 8.79. The predicted molar refractivity (Wildman–Crippen MR) is 171 cm³/mol. The van der Waals surface area contributed by atoms with E-state index in [0.717, 1.165) is 29.2 Å². The highest BCUT2D eigenvalue weighted by Gasteiger charge is 2.11. The lowest BCUT2D eigenvalue weighted by molar-refractivity contribution is 0.232. The summed E-state index contributed by atoms with van der Waals surface area (Å²) in [7, 11) is 1.71. The summed E-state index contributed by atoms with van der Waals surface area (Å²) in [5.74, 6) is 2.51. The molecule has 0 aliphatic rings. The third kappa shape index (κ3) is 10.9. The normalized spacial score (nSPS) is 11.4. The average molecular weight is 540 g/mol. The van der Waals surface area contributed by atoms with Gasteiger partial charge in [0, 0.05) is 5.56 Å². The van der Waals surface area contributed by atoms with Gasteiger partial charge in [-0.1, -0.05) is 101 Å². The number of unbranched alkanes of at least 4 members (excludes halogenated alkanes) is 3.